The molecule has 6 nitrogen and oxygen atoms in total. The minimum Gasteiger partial charge on any atom is -0.480 e. The van der Waals surface area contributed by atoms with E-state index < -0.39 is 12.0 Å². The lowest BCUT2D eigenvalue weighted by atomic mass is 10.1. The van der Waals surface area contributed by atoms with Gasteiger partial charge in [0.1, 0.15) is 10.9 Å². The predicted molar refractivity (Wildman–Crippen MR) is 80.8 cm³/mol. The van der Waals surface area contributed by atoms with E-state index in [1.807, 2.05) is 6.92 Å². The Morgan fingerprint density at radius 1 is 1.43 bits per heavy atom. The van der Waals surface area contributed by atoms with Crippen LogP contribution in [0.15, 0.2) is 0 Å². The average Bonchev–Trinajstić information content (AvgIpc) is 2.73. The van der Waals surface area contributed by atoms with Crippen molar-refractivity contribution >= 4 is 23.2 Å². The second kappa shape index (κ2) is 8.09. The van der Waals surface area contributed by atoms with Gasteiger partial charge >= 0.3 is 5.97 Å². The maximum Gasteiger partial charge on any atom is 0.326 e. The fourth-order valence-electron chi connectivity index (χ4n) is 1.89. The summed E-state index contributed by atoms with van der Waals surface area (Å²) in [6, 6.07) is -0.952. The lowest BCUT2D eigenvalue weighted by Crippen LogP contribution is -2.41. The summed E-state index contributed by atoms with van der Waals surface area (Å²) in [6.45, 7) is 6.21. The number of carboxylic acid groups (broad SMARTS) is 1. The Labute approximate surface area is 128 Å². The number of nitrogens with one attached hydrogen (secondary N) is 1. The molecule has 0 aliphatic carbocycles. The molecule has 0 aliphatic heterocycles. The van der Waals surface area contributed by atoms with E-state index in [0.29, 0.717) is 17.2 Å². The van der Waals surface area contributed by atoms with Gasteiger partial charge in [0, 0.05) is 20.1 Å². The molecule has 1 aromatic rings. The number of thiazole rings is 1. The summed E-state index contributed by atoms with van der Waals surface area (Å²) in [6.07, 6.45) is 0.928. The van der Waals surface area contributed by atoms with Gasteiger partial charge in [-0.1, -0.05) is 13.8 Å². The van der Waals surface area contributed by atoms with Gasteiger partial charge in [0.2, 0.25) is 0 Å². The van der Waals surface area contributed by atoms with Crippen LogP contribution < -0.4 is 5.32 Å². The number of hydrogen-bond acceptors (Lipinski definition) is 5. The SMILES string of the molecule is COCCC(NC(=O)c1sc(C)nc1CC(C)C)C(=O)O. The Morgan fingerprint density at radius 2 is 2.10 bits per heavy atom. The topological polar surface area (TPSA) is 88.5 Å². The Morgan fingerprint density at radius 3 is 2.62 bits per heavy atom. The molecule has 1 rings (SSSR count). The van der Waals surface area contributed by atoms with Crippen molar-refractivity contribution in [3.8, 4) is 0 Å². The number of aliphatic carboxylic acids is 1. The number of ether oxygens (including phenoxy) is 1. The van der Waals surface area contributed by atoms with Gasteiger partial charge in [0.05, 0.1) is 10.7 Å². The van der Waals surface area contributed by atoms with Crippen molar-refractivity contribution in [1.29, 1.82) is 0 Å². The van der Waals surface area contributed by atoms with Crippen LogP contribution in [0.5, 0.6) is 0 Å². The highest BCUT2D eigenvalue weighted by molar-refractivity contribution is 7.13. The van der Waals surface area contributed by atoms with E-state index >= 15 is 0 Å². The van der Waals surface area contributed by atoms with Gasteiger partial charge in [-0.3, -0.25) is 4.79 Å². The quantitative estimate of drug-likeness (QED) is 0.764. The smallest absolute Gasteiger partial charge is 0.326 e. The molecule has 1 amide bonds. The Hall–Kier alpha value is -1.47. The fourth-order valence-corrected chi connectivity index (χ4v) is 2.74. The third kappa shape index (κ3) is 5.43. The third-order valence-electron chi connectivity index (χ3n) is 2.83. The number of aryl methyl sites for hydroxylation is 1. The highest BCUT2D eigenvalue weighted by Crippen LogP contribution is 2.21. The van der Waals surface area contributed by atoms with E-state index in [1.54, 1.807) is 0 Å². The van der Waals surface area contributed by atoms with Crippen LogP contribution in [0.4, 0.5) is 0 Å². The van der Waals surface area contributed by atoms with Gasteiger partial charge in [-0.2, -0.15) is 0 Å². The number of aromatic nitrogens is 1. The number of amides is 1. The van der Waals surface area contributed by atoms with E-state index in [0.717, 1.165) is 10.7 Å². The molecule has 0 saturated carbocycles. The van der Waals surface area contributed by atoms with E-state index in [-0.39, 0.29) is 18.9 Å². The van der Waals surface area contributed by atoms with Crippen LogP contribution in [-0.4, -0.2) is 41.7 Å². The Balaban J connectivity index is 2.84. The summed E-state index contributed by atoms with van der Waals surface area (Å²) in [5.41, 5.74) is 0.737. The number of carbonyl (C=O) groups is 2. The van der Waals surface area contributed by atoms with Crippen molar-refractivity contribution in [1.82, 2.24) is 10.3 Å². The minimum atomic E-state index is -1.06. The first-order valence-electron chi connectivity index (χ1n) is 6.84. The second-order valence-electron chi connectivity index (χ2n) is 5.25. The zero-order valence-electron chi connectivity index (χ0n) is 12.8. The zero-order chi connectivity index (χ0) is 16.0. The highest BCUT2D eigenvalue weighted by atomic mass is 32.1. The number of carbonyl (C=O) groups excluding carboxylic acids is 1. The van der Waals surface area contributed by atoms with Crippen LogP contribution in [-0.2, 0) is 16.0 Å². The molecule has 2 N–H and O–H groups in total. The maximum absolute atomic E-state index is 12.3. The summed E-state index contributed by atoms with van der Waals surface area (Å²) >= 11 is 1.29. The van der Waals surface area contributed by atoms with Crippen molar-refractivity contribution < 1.29 is 19.4 Å². The van der Waals surface area contributed by atoms with Crippen LogP contribution in [0, 0.1) is 12.8 Å². The molecule has 21 heavy (non-hydrogen) atoms. The first-order chi connectivity index (χ1) is 9.85. The van der Waals surface area contributed by atoms with Gasteiger partial charge in [-0.15, -0.1) is 11.3 Å². The van der Waals surface area contributed by atoms with Crippen molar-refractivity contribution in [2.24, 2.45) is 5.92 Å². The van der Waals surface area contributed by atoms with Crippen molar-refractivity contribution in [3.05, 3.63) is 15.6 Å². The number of nitrogens with zero attached hydrogens (tertiary/aromatic N) is 1. The highest BCUT2D eigenvalue weighted by Gasteiger charge is 2.24. The van der Waals surface area contributed by atoms with E-state index in [2.05, 4.69) is 24.1 Å². The molecule has 1 heterocycles. The molecule has 1 unspecified atom stereocenters. The normalized spacial score (nSPS) is 12.4. The van der Waals surface area contributed by atoms with Gasteiger partial charge in [0.25, 0.3) is 5.91 Å². The monoisotopic (exact) mass is 314 g/mol. The minimum absolute atomic E-state index is 0.231. The fraction of sp³-hybridized carbons (Fsp3) is 0.643. The van der Waals surface area contributed by atoms with E-state index in [1.165, 1.54) is 18.4 Å². The van der Waals surface area contributed by atoms with Crippen molar-refractivity contribution in [2.45, 2.75) is 39.7 Å². The van der Waals surface area contributed by atoms with E-state index in [4.69, 9.17) is 9.84 Å². The molecule has 1 atom stereocenters. The molecule has 7 heteroatoms. The lowest BCUT2D eigenvalue weighted by molar-refractivity contribution is -0.139. The van der Waals surface area contributed by atoms with Crippen molar-refractivity contribution in [3.63, 3.8) is 0 Å². The van der Waals surface area contributed by atoms with Crippen LogP contribution >= 0.6 is 11.3 Å². The zero-order valence-corrected chi connectivity index (χ0v) is 13.6. The average molecular weight is 314 g/mol. The molecule has 0 aromatic carbocycles. The first-order valence-corrected chi connectivity index (χ1v) is 7.65. The predicted octanol–water partition coefficient (Wildman–Crippen LogP) is 1.87. The second-order valence-corrected chi connectivity index (χ2v) is 6.46. The lowest BCUT2D eigenvalue weighted by Gasteiger charge is -2.14. The van der Waals surface area contributed by atoms with Crippen LogP contribution in [0.2, 0.25) is 0 Å². The number of hydrogen-bond donors (Lipinski definition) is 2. The summed E-state index contributed by atoms with van der Waals surface area (Å²) in [5.74, 6) is -1.06. The van der Waals surface area contributed by atoms with Crippen LogP contribution in [0.25, 0.3) is 0 Å². The molecule has 1 aromatic heterocycles. The summed E-state index contributed by atoms with van der Waals surface area (Å²) in [4.78, 5) is 28.3. The summed E-state index contributed by atoms with van der Waals surface area (Å²) in [7, 11) is 1.49. The Bertz CT molecular complexity index is 499. The molecule has 0 bridgehead atoms. The largest absolute Gasteiger partial charge is 0.480 e. The van der Waals surface area contributed by atoms with Crippen molar-refractivity contribution in [2.75, 3.05) is 13.7 Å². The van der Waals surface area contributed by atoms with Gasteiger partial charge < -0.3 is 15.2 Å². The molecule has 0 aliphatic rings. The molecule has 0 radical (unpaired) electrons. The molecule has 118 valence electrons. The summed E-state index contributed by atoms with van der Waals surface area (Å²) < 4.78 is 4.87. The maximum atomic E-state index is 12.3. The Kier molecular flexibility index (Phi) is 6.77. The van der Waals surface area contributed by atoms with Gasteiger partial charge in [-0.05, 0) is 19.3 Å². The molecule has 0 spiro atoms. The molecule has 0 saturated heterocycles. The standard InChI is InChI=1S/C14H22N2O4S/c1-8(2)7-11-12(21-9(3)15-11)13(17)16-10(14(18)19)5-6-20-4/h8,10H,5-7H2,1-4H3,(H,16,17)(H,18,19). The summed E-state index contributed by atoms with van der Waals surface area (Å²) in [5, 5.41) is 12.5. The number of methoxy groups -OCH3 is 1. The first kappa shape index (κ1) is 17.6. The molecular weight excluding hydrogens is 292 g/mol. The molecular formula is C14H22N2O4S. The number of rotatable bonds is 8. The third-order valence-corrected chi connectivity index (χ3v) is 3.84. The van der Waals surface area contributed by atoms with Crippen LogP contribution in [0.1, 0.15) is 40.6 Å². The van der Waals surface area contributed by atoms with Gasteiger partial charge in [-0.25, -0.2) is 9.78 Å². The number of carboxylic acids is 1. The van der Waals surface area contributed by atoms with Crippen LogP contribution in [0.3, 0.4) is 0 Å². The van der Waals surface area contributed by atoms with Gasteiger partial charge in [0.15, 0.2) is 0 Å². The van der Waals surface area contributed by atoms with E-state index in [9.17, 15) is 9.59 Å². The molecule has 0 fully saturated rings.